The second kappa shape index (κ2) is 6.52. The molecule has 0 fully saturated rings. The molecule has 3 nitrogen and oxygen atoms in total. The number of hydrogen-bond acceptors (Lipinski definition) is 2. The lowest BCUT2D eigenvalue weighted by molar-refractivity contribution is 0.0948. The van der Waals surface area contributed by atoms with Gasteiger partial charge in [0.05, 0.1) is 5.56 Å². The Kier molecular flexibility index (Phi) is 4.74. The highest BCUT2D eigenvalue weighted by Gasteiger charge is 2.11. The van der Waals surface area contributed by atoms with E-state index in [2.05, 4.69) is 21.2 Å². The molecule has 0 saturated heterocycles. The predicted octanol–water partition coefficient (Wildman–Crippen LogP) is 3.36. The lowest BCUT2D eigenvalue weighted by Gasteiger charge is -2.07. The number of carbonyl (C=O) groups excluding carboxylic acids is 1. The van der Waals surface area contributed by atoms with Crippen LogP contribution >= 0.6 is 15.9 Å². The van der Waals surface area contributed by atoms with Crippen LogP contribution in [0, 0.1) is 5.82 Å². The Hall–Kier alpha value is -1.88. The molecule has 0 bridgehead atoms. The van der Waals surface area contributed by atoms with E-state index in [-0.39, 0.29) is 11.3 Å². The number of aromatic hydroxyl groups is 1. The van der Waals surface area contributed by atoms with Gasteiger partial charge in [-0.15, -0.1) is 0 Å². The summed E-state index contributed by atoms with van der Waals surface area (Å²) >= 11 is 3.36. The highest BCUT2D eigenvalue weighted by atomic mass is 79.9. The highest BCUT2D eigenvalue weighted by Crippen LogP contribution is 2.18. The lowest BCUT2D eigenvalue weighted by atomic mass is 10.1. The SMILES string of the molecule is O=C(NCc1ccc(CBr)cc1)c1ccc(F)cc1O. The normalized spacial score (nSPS) is 10.3. The van der Waals surface area contributed by atoms with Gasteiger partial charge >= 0.3 is 0 Å². The molecule has 0 heterocycles. The van der Waals surface area contributed by atoms with Crippen molar-refractivity contribution in [1.82, 2.24) is 5.32 Å². The van der Waals surface area contributed by atoms with Crippen molar-refractivity contribution in [3.8, 4) is 5.75 Å². The van der Waals surface area contributed by atoms with Crippen LogP contribution in [0.3, 0.4) is 0 Å². The Morgan fingerprint density at radius 2 is 1.80 bits per heavy atom. The third kappa shape index (κ3) is 3.57. The van der Waals surface area contributed by atoms with Crippen molar-refractivity contribution in [2.75, 3.05) is 0 Å². The van der Waals surface area contributed by atoms with Gasteiger partial charge in [-0.3, -0.25) is 4.79 Å². The standard InChI is InChI=1S/C15H13BrFNO2/c16-8-10-1-3-11(4-2-10)9-18-15(20)13-6-5-12(17)7-14(13)19/h1-7,19H,8-9H2,(H,18,20). The number of halogens is 2. The summed E-state index contributed by atoms with van der Waals surface area (Å²) in [6, 6.07) is 11.1. The second-order valence-electron chi connectivity index (χ2n) is 4.29. The van der Waals surface area contributed by atoms with Gasteiger partial charge in [0.25, 0.3) is 5.91 Å². The van der Waals surface area contributed by atoms with Crippen LogP contribution in [0.2, 0.25) is 0 Å². The smallest absolute Gasteiger partial charge is 0.255 e. The van der Waals surface area contributed by atoms with E-state index in [1.54, 1.807) is 0 Å². The summed E-state index contributed by atoms with van der Waals surface area (Å²) < 4.78 is 12.8. The van der Waals surface area contributed by atoms with Gasteiger partial charge in [0.1, 0.15) is 11.6 Å². The minimum Gasteiger partial charge on any atom is -0.507 e. The first-order valence-electron chi connectivity index (χ1n) is 6.00. The number of phenols is 1. The minimum absolute atomic E-state index is 0.0588. The zero-order chi connectivity index (χ0) is 14.5. The molecule has 0 spiro atoms. The number of alkyl halides is 1. The number of phenolic OH excluding ortho intramolecular Hbond substituents is 1. The van der Waals surface area contributed by atoms with Crippen LogP contribution in [0.4, 0.5) is 4.39 Å². The van der Waals surface area contributed by atoms with E-state index in [0.717, 1.165) is 28.6 Å². The van der Waals surface area contributed by atoms with Crippen LogP contribution in [0.25, 0.3) is 0 Å². The minimum atomic E-state index is -0.579. The van der Waals surface area contributed by atoms with Crippen LogP contribution < -0.4 is 5.32 Å². The molecular weight excluding hydrogens is 325 g/mol. The molecule has 1 amide bonds. The first-order valence-corrected chi connectivity index (χ1v) is 7.13. The van der Waals surface area contributed by atoms with Crippen molar-refractivity contribution in [3.05, 3.63) is 65.0 Å². The van der Waals surface area contributed by atoms with Crippen LogP contribution in [0.1, 0.15) is 21.5 Å². The Bertz CT molecular complexity index is 614. The first kappa shape index (κ1) is 14.5. The van der Waals surface area contributed by atoms with Gasteiger partial charge in [-0.25, -0.2) is 4.39 Å². The van der Waals surface area contributed by atoms with Crippen molar-refractivity contribution in [1.29, 1.82) is 0 Å². The molecule has 2 N–H and O–H groups in total. The zero-order valence-corrected chi connectivity index (χ0v) is 12.2. The number of benzene rings is 2. The first-order chi connectivity index (χ1) is 9.60. The largest absolute Gasteiger partial charge is 0.507 e. The van der Waals surface area contributed by atoms with Crippen molar-refractivity contribution < 1.29 is 14.3 Å². The summed E-state index contributed by atoms with van der Waals surface area (Å²) in [5.41, 5.74) is 2.16. The Labute approximate surface area is 124 Å². The molecule has 0 saturated carbocycles. The molecule has 0 radical (unpaired) electrons. The summed E-state index contributed by atoms with van der Waals surface area (Å²) in [6.07, 6.45) is 0. The third-order valence-corrected chi connectivity index (χ3v) is 3.48. The van der Waals surface area contributed by atoms with Gasteiger partial charge in [-0.05, 0) is 23.3 Å². The molecular formula is C15H13BrFNO2. The topological polar surface area (TPSA) is 49.3 Å². The fraction of sp³-hybridized carbons (Fsp3) is 0.133. The second-order valence-corrected chi connectivity index (χ2v) is 4.86. The van der Waals surface area contributed by atoms with E-state index >= 15 is 0 Å². The van der Waals surface area contributed by atoms with E-state index in [4.69, 9.17) is 0 Å². The number of rotatable bonds is 4. The molecule has 0 unspecified atom stereocenters. The van der Waals surface area contributed by atoms with Gasteiger partial charge in [0.15, 0.2) is 0 Å². The Balaban J connectivity index is 2.00. The molecule has 0 aliphatic carbocycles. The van der Waals surface area contributed by atoms with E-state index < -0.39 is 11.7 Å². The average Bonchev–Trinajstić information content (AvgIpc) is 2.45. The zero-order valence-electron chi connectivity index (χ0n) is 10.6. The highest BCUT2D eigenvalue weighted by molar-refractivity contribution is 9.08. The number of hydrogen-bond donors (Lipinski definition) is 2. The summed E-state index contributed by atoms with van der Waals surface area (Å²) in [5.74, 6) is -1.38. The van der Waals surface area contributed by atoms with Gasteiger partial charge in [-0.1, -0.05) is 40.2 Å². The summed E-state index contributed by atoms with van der Waals surface area (Å²) in [5, 5.41) is 13.0. The third-order valence-electron chi connectivity index (χ3n) is 2.83. The van der Waals surface area contributed by atoms with Gasteiger partial charge < -0.3 is 10.4 Å². The van der Waals surface area contributed by atoms with E-state index in [9.17, 15) is 14.3 Å². The Morgan fingerprint density at radius 1 is 1.15 bits per heavy atom. The van der Waals surface area contributed by atoms with Crippen molar-refractivity contribution in [3.63, 3.8) is 0 Å². The van der Waals surface area contributed by atoms with Gasteiger partial charge in [0.2, 0.25) is 0 Å². The summed E-state index contributed by atoms with van der Waals surface area (Å²) in [4.78, 5) is 11.9. The predicted molar refractivity (Wildman–Crippen MR) is 78.3 cm³/mol. The van der Waals surface area contributed by atoms with Gasteiger partial charge in [0, 0.05) is 17.9 Å². The van der Waals surface area contributed by atoms with Gasteiger partial charge in [-0.2, -0.15) is 0 Å². The molecule has 0 atom stereocenters. The van der Waals surface area contributed by atoms with Crippen molar-refractivity contribution in [2.24, 2.45) is 0 Å². The quantitative estimate of drug-likeness (QED) is 0.840. The fourth-order valence-electron chi connectivity index (χ4n) is 1.72. The Morgan fingerprint density at radius 3 is 2.40 bits per heavy atom. The molecule has 20 heavy (non-hydrogen) atoms. The molecule has 0 aliphatic heterocycles. The maximum Gasteiger partial charge on any atom is 0.255 e. The van der Waals surface area contributed by atoms with Crippen molar-refractivity contribution in [2.45, 2.75) is 11.9 Å². The summed E-state index contributed by atoms with van der Waals surface area (Å²) in [6.45, 7) is 0.345. The molecule has 5 heteroatoms. The summed E-state index contributed by atoms with van der Waals surface area (Å²) in [7, 11) is 0. The fourth-order valence-corrected chi connectivity index (χ4v) is 2.09. The number of nitrogens with one attached hydrogen (secondary N) is 1. The molecule has 104 valence electrons. The van der Waals surface area contributed by atoms with E-state index in [0.29, 0.717) is 6.54 Å². The molecule has 2 aromatic rings. The van der Waals surface area contributed by atoms with Crippen molar-refractivity contribution >= 4 is 21.8 Å². The van der Waals surface area contributed by atoms with Crippen LogP contribution in [-0.4, -0.2) is 11.0 Å². The molecule has 2 aromatic carbocycles. The lowest BCUT2D eigenvalue weighted by Crippen LogP contribution is -2.22. The van der Waals surface area contributed by atoms with E-state index in [1.165, 1.54) is 6.07 Å². The maximum absolute atomic E-state index is 12.8. The average molecular weight is 338 g/mol. The molecule has 0 aliphatic rings. The molecule has 0 aromatic heterocycles. The van der Waals surface area contributed by atoms with E-state index in [1.807, 2.05) is 24.3 Å². The monoisotopic (exact) mass is 337 g/mol. The van der Waals surface area contributed by atoms with Crippen LogP contribution in [-0.2, 0) is 11.9 Å². The van der Waals surface area contributed by atoms with Crippen LogP contribution in [0.5, 0.6) is 5.75 Å². The number of carbonyl (C=O) groups is 1. The molecule has 2 rings (SSSR count). The maximum atomic E-state index is 12.8. The number of amides is 1. The van der Waals surface area contributed by atoms with Crippen LogP contribution in [0.15, 0.2) is 42.5 Å².